The van der Waals surface area contributed by atoms with Crippen LogP contribution >= 0.6 is 0 Å². The van der Waals surface area contributed by atoms with E-state index in [2.05, 4.69) is 11.9 Å². The van der Waals surface area contributed by atoms with Crippen LogP contribution in [0.25, 0.3) is 0 Å². The summed E-state index contributed by atoms with van der Waals surface area (Å²) in [6.45, 7) is 2.05. The van der Waals surface area contributed by atoms with Gasteiger partial charge in [0.25, 0.3) is 0 Å². The zero-order chi connectivity index (χ0) is 13.8. The van der Waals surface area contributed by atoms with E-state index in [0.717, 1.165) is 12.0 Å². The van der Waals surface area contributed by atoms with E-state index in [0.29, 0.717) is 22.9 Å². The van der Waals surface area contributed by atoms with Gasteiger partial charge in [0.1, 0.15) is 0 Å². The molecule has 0 aliphatic carbocycles. The van der Waals surface area contributed by atoms with Crippen molar-refractivity contribution >= 4 is 11.6 Å². The molecule has 2 aromatic rings. The van der Waals surface area contributed by atoms with Gasteiger partial charge in [-0.25, -0.2) is 4.98 Å². The molecule has 0 unspecified atom stereocenters. The van der Waals surface area contributed by atoms with Gasteiger partial charge in [-0.3, -0.25) is 4.79 Å². The first-order valence-corrected chi connectivity index (χ1v) is 5.92. The van der Waals surface area contributed by atoms with Crippen LogP contribution in [-0.4, -0.2) is 10.9 Å². The Morgan fingerprint density at radius 2 is 2.11 bits per heavy atom. The van der Waals surface area contributed by atoms with Crippen LogP contribution < -0.4 is 16.2 Å². The molecule has 1 amide bonds. The van der Waals surface area contributed by atoms with Gasteiger partial charge in [0.2, 0.25) is 11.8 Å². The second-order valence-electron chi connectivity index (χ2n) is 4.08. The predicted octanol–water partition coefficient (Wildman–Crippen LogP) is 2.12. The Morgan fingerprint density at radius 1 is 1.32 bits per heavy atom. The summed E-state index contributed by atoms with van der Waals surface area (Å²) in [5, 5.41) is 0. The van der Waals surface area contributed by atoms with E-state index in [1.165, 1.54) is 6.20 Å². The quantitative estimate of drug-likeness (QED) is 0.821. The molecule has 4 N–H and O–H groups in total. The molecule has 19 heavy (non-hydrogen) atoms. The molecular weight excluding hydrogens is 242 g/mol. The van der Waals surface area contributed by atoms with Crippen LogP contribution in [-0.2, 0) is 6.42 Å². The molecule has 0 aliphatic rings. The van der Waals surface area contributed by atoms with E-state index in [-0.39, 0.29) is 0 Å². The van der Waals surface area contributed by atoms with E-state index in [9.17, 15) is 4.79 Å². The SMILES string of the molecule is CCc1ccc(Oc2ccc(C(N)=O)cn2)c(N)c1. The van der Waals surface area contributed by atoms with Crippen molar-refractivity contribution in [3.63, 3.8) is 0 Å². The number of nitrogens with two attached hydrogens (primary N) is 2. The number of nitrogens with zero attached hydrogens (tertiary/aromatic N) is 1. The Bertz CT molecular complexity index is 594. The Labute approximate surface area is 111 Å². The first kappa shape index (κ1) is 12.9. The molecule has 0 spiro atoms. The second kappa shape index (κ2) is 5.39. The number of hydrogen-bond acceptors (Lipinski definition) is 4. The highest BCUT2D eigenvalue weighted by molar-refractivity contribution is 5.92. The number of aryl methyl sites for hydroxylation is 1. The van der Waals surface area contributed by atoms with Gasteiger partial charge in [0.15, 0.2) is 5.75 Å². The summed E-state index contributed by atoms with van der Waals surface area (Å²) in [4.78, 5) is 14.9. The Kier molecular flexibility index (Phi) is 3.66. The van der Waals surface area contributed by atoms with Crippen molar-refractivity contribution in [1.29, 1.82) is 0 Å². The molecule has 0 bridgehead atoms. The van der Waals surface area contributed by atoms with Crippen LogP contribution in [0.1, 0.15) is 22.8 Å². The summed E-state index contributed by atoms with van der Waals surface area (Å²) in [6, 6.07) is 8.75. The minimum Gasteiger partial charge on any atom is -0.437 e. The Morgan fingerprint density at radius 3 is 2.63 bits per heavy atom. The van der Waals surface area contributed by atoms with Crippen LogP contribution in [0.15, 0.2) is 36.5 Å². The predicted molar refractivity (Wildman–Crippen MR) is 73.1 cm³/mol. The van der Waals surface area contributed by atoms with Crippen molar-refractivity contribution < 1.29 is 9.53 Å². The monoisotopic (exact) mass is 257 g/mol. The van der Waals surface area contributed by atoms with Crippen molar-refractivity contribution in [2.75, 3.05) is 5.73 Å². The van der Waals surface area contributed by atoms with Crippen molar-refractivity contribution in [1.82, 2.24) is 4.98 Å². The number of carbonyl (C=O) groups is 1. The van der Waals surface area contributed by atoms with E-state index < -0.39 is 5.91 Å². The van der Waals surface area contributed by atoms with Crippen molar-refractivity contribution in [3.05, 3.63) is 47.7 Å². The molecule has 0 radical (unpaired) electrons. The summed E-state index contributed by atoms with van der Waals surface area (Å²) in [5.41, 5.74) is 13.1. The number of aromatic nitrogens is 1. The minimum absolute atomic E-state index is 0.335. The molecular formula is C14H15N3O2. The summed E-state index contributed by atoms with van der Waals surface area (Å²) in [6.07, 6.45) is 2.28. The lowest BCUT2D eigenvalue weighted by atomic mass is 10.1. The zero-order valence-corrected chi connectivity index (χ0v) is 10.6. The lowest BCUT2D eigenvalue weighted by Crippen LogP contribution is -2.10. The highest BCUT2D eigenvalue weighted by Gasteiger charge is 2.05. The first-order chi connectivity index (χ1) is 9.10. The maximum Gasteiger partial charge on any atom is 0.250 e. The third-order valence-electron chi connectivity index (χ3n) is 2.72. The van der Waals surface area contributed by atoms with Crippen LogP contribution in [0.5, 0.6) is 11.6 Å². The molecule has 0 atom stereocenters. The molecule has 5 nitrogen and oxygen atoms in total. The summed E-state index contributed by atoms with van der Waals surface area (Å²) < 4.78 is 5.56. The van der Waals surface area contributed by atoms with E-state index in [1.54, 1.807) is 18.2 Å². The maximum absolute atomic E-state index is 10.9. The highest BCUT2D eigenvalue weighted by atomic mass is 16.5. The van der Waals surface area contributed by atoms with Gasteiger partial charge in [-0.1, -0.05) is 13.0 Å². The molecule has 0 aliphatic heterocycles. The molecule has 0 saturated carbocycles. The smallest absolute Gasteiger partial charge is 0.250 e. The minimum atomic E-state index is -0.522. The topological polar surface area (TPSA) is 91.2 Å². The second-order valence-corrected chi connectivity index (χ2v) is 4.08. The van der Waals surface area contributed by atoms with Gasteiger partial charge in [-0.05, 0) is 30.2 Å². The lowest BCUT2D eigenvalue weighted by Gasteiger charge is -2.09. The van der Waals surface area contributed by atoms with Crippen LogP contribution in [0.2, 0.25) is 0 Å². The number of benzene rings is 1. The Hall–Kier alpha value is -2.56. The lowest BCUT2D eigenvalue weighted by molar-refractivity contribution is 0.1000. The van der Waals surface area contributed by atoms with E-state index >= 15 is 0 Å². The van der Waals surface area contributed by atoms with Crippen LogP contribution in [0, 0.1) is 0 Å². The number of ether oxygens (including phenoxy) is 1. The van der Waals surface area contributed by atoms with Gasteiger partial charge >= 0.3 is 0 Å². The molecule has 98 valence electrons. The maximum atomic E-state index is 10.9. The molecule has 2 rings (SSSR count). The molecule has 0 saturated heterocycles. The summed E-state index contributed by atoms with van der Waals surface area (Å²) >= 11 is 0. The molecule has 0 fully saturated rings. The third kappa shape index (κ3) is 3.01. The number of nitrogen functional groups attached to an aromatic ring is 1. The summed E-state index contributed by atoms with van der Waals surface area (Å²) in [5.74, 6) is 0.378. The number of carbonyl (C=O) groups excluding carboxylic acids is 1. The van der Waals surface area contributed by atoms with Crippen LogP contribution in [0.3, 0.4) is 0 Å². The number of pyridine rings is 1. The fourth-order valence-corrected chi connectivity index (χ4v) is 1.61. The molecule has 1 aromatic carbocycles. The van der Waals surface area contributed by atoms with Gasteiger partial charge in [0.05, 0.1) is 11.3 Å². The number of amides is 1. The van der Waals surface area contributed by atoms with Gasteiger partial charge in [-0.2, -0.15) is 0 Å². The van der Waals surface area contributed by atoms with Crippen molar-refractivity contribution in [3.8, 4) is 11.6 Å². The number of primary amides is 1. The van der Waals surface area contributed by atoms with Gasteiger partial charge < -0.3 is 16.2 Å². The van der Waals surface area contributed by atoms with Gasteiger partial charge in [0, 0.05) is 12.3 Å². The van der Waals surface area contributed by atoms with Crippen molar-refractivity contribution in [2.45, 2.75) is 13.3 Å². The normalized spacial score (nSPS) is 10.2. The number of anilines is 1. The highest BCUT2D eigenvalue weighted by Crippen LogP contribution is 2.27. The average molecular weight is 257 g/mol. The standard InChI is InChI=1S/C14H15N3O2/c1-2-9-3-5-12(11(15)7-9)19-13-6-4-10(8-17-13)14(16)18/h3-8H,2,15H2,1H3,(H2,16,18). The van der Waals surface area contributed by atoms with Gasteiger partial charge in [-0.15, -0.1) is 0 Å². The average Bonchev–Trinajstić information content (AvgIpc) is 2.41. The molecule has 5 heteroatoms. The zero-order valence-electron chi connectivity index (χ0n) is 10.6. The summed E-state index contributed by atoms with van der Waals surface area (Å²) in [7, 11) is 0. The third-order valence-corrected chi connectivity index (χ3v) is 2.72. The van der Waals surface area contributed by atoms with E-state index in [4.69, 9.17) is 16.2 Å². The van der Waals surface area contributed by atoms with Crippen LogP contribution in [0.4, 0.5) is 5.69 Å². The van der Waals surface area contributed by atoms with Crippen molar-refractivity contribution in [2.24, 2.45) is 5.73 Å². The number of hydrogen-bond donors (Lipinski definition) is 2. The fraction of sp³-hybridized carbons (Fsp3) is 0.143. The molecule has 1 heterocycles. The molecule has 1 aromatic heterocycles. The fourth-order valence-electron chi connectivity index (χ4n) is 1.61. The van der Waals surface area contributed by atoms with E-state index in [1.807, 2.05) is 12.1 Å². The Balaban J connectivity index is 2.19. The largest absolute Gasteiger partial charge is 0.437 e. The first-order valence-electron chi connectivity index (χ1n) is 5.92. The number of rotatable bonds is 4.